The highest BCUT2D eigenvalue weighted by atomic mass is 15.1. The minimum atomic E-state index is -0.0177. The number of hydrogen-bond donors (Lipinski definition) is 2. The molecular weight excluding hydrogens is 222 g/mol. The predicted molar refractivity (Wildman–Crippen MR) is 76.7 cm³/mol. The Labute approximate surface area is 109 Å². The molecule has 0 amide bonds. The Bertz CT molecular complexity index is 411. The topological polar surface area (TPSA) is 50.4 Å². The molecule has 3 N–H and O–H groups in total. The van der Waals surface area contributed by atoms with E-state index in [9.17, 15) is 0 Å². The molecule has 0 unspecified atom stereocenters. The van der Waals surface area contributed by atoms with Crippen LogP contribution in [0.5, 0.6) is 0 Å². The van der Waals surface area contributed by atoms with Crippen molar-refractivity contribution in [2.24, 2.45) is 10.7 Å². The largest absolute Gasteiger partial charge is 0.370 e. The second-order valence-electron chi connectivity index (χ2n) is 6.12. The Morgan fingerprint density at radius 2 is 1.83 bits per heavy atom. The smallest absolute Gasteiger partial charge is 0.189 e. The Balaban J connectivity index is 1.85. The summed E-state index contributed by atoms with van der Waals surface area (Å²) in [5, 5.41) is 3.20. The lowest BCUT2D eigenvalue weighted by atomic mass is 9.76. The SMILES string of the molecule is CC(C)(C)NC(N)=NC1CC(c2ccccc2)C1. The first kappa shape index (κ1) is 12.9. The number of guanidine groups is 1. The summed E-state index contributed by atoms with van der Waals surface area (Å²) in [5.74, 6) is 1.22. The molecule has 0 radical (unpaired) electrons. The van der Waals surface area contributed by atoms with Crippen LogP contribution in [0.15, 0.2) is 35.3 Å². The van der Waals surface area contributed by atoms with Crippen LogP contribution in [0.1, 0.15) is 45.1 Å². The van der Waals surface area contributed by atoms with E-state index in [-0.39, 0.29) is 5.54 Å². The van der Waals surface area contributed by atoms with E-state index in [1.54, 1.807) is 0 Å². The van der Waals surface area contributed by atoms with Gasteiger partial charge >= 0.3 is 0 Å². The lowest BCUT2D eigenvalue weighted by Crippen LogP contribution is -2.46. The van der Waals surface area contributed by atoms with Crippen LogP contribution < -0.4 is 11.1 Å². The standard InChI is InChI=1S/C15H23N3/c1-15(2,3)18-14(16)17-13-9-12(10-13)11-7-5-4-6-8-11/h4-8,12-13H,9-10H2,1-3H3,(H3,16,17,18). The summed E-state index contributed by atoms with van der Waals surface area (Å²) in [6.45, 7) is 6.26. The zero-order valence-corrected chi connectivity index (χ0v) is 11.5. The number of rotatable bonds is 2. The number of nitrogens with one attached hydrogen (secondary N) is 1. The Hall–Kier alpha value is -1.51. The van der Waals surface area contributed by atoms with Crippen molar-refractivity contribution in [1.82, 2.24) is 5.32 Å². The highest BCUT2D eigenvalue weighted by Gasteiger charge is 2.30. The van der Waals surface area contributed by atoms with Crippen LogP contribution >= 0.6 is 0 Å². The molecule has 0 aromatic heterocycles. The molecule has 1 aliphatic rings. The zero-order chi connectivity index (χ0) is 13.2. The van der Waals surface area contributed by atoms with E-state index in [4.69, 9.17) is 5.73 Å². The third kappa shape index (κ3) is 3.49. The summed E-state index contributed by atoms with van der Waals surface area (Å²) in [4.78, 5) is 4.53. The second kappa shape index (κ2) is 5.01. The number of aliphatic imine (C=N–C) groups is 1. The van der Waals surface area contributed by atoms with Crippen LogP contribution in [-0.2, 0) is 0 Å². The lowest BCUT2D eigenvalue weighted by Gasteiger charge is -2.33. The van der Waals surface area contributed by atoms with Crippen molar-refractivity contribution >= 4 is 5.96 Å². The van der Waals surface area contributed by atoms with Gasteiger partial charge in [-0.2, -0.15) is 0 Å². The summed E-state index contributed by atoms with van der Waals surface area (Å²) < 4.78 is 0. The monoisotopic (exact) mass is 245 g/mol. The quantitative estimate of drug-likeness (QED) is 0.621. The minimum Gasteiger partial charge on any atom is -0.370 e. The minimum absolute atomic E-state index is 0.0177. The molecule has 2 rings (SSSR count). The first-order valence-electron chi connectivity index (χ1n) is 6.60. The fourth-order valence-electron chi connectivity index (χ4n) is 2.30. The molecule has 1 aliphatic carbocycles. The number of nitrogens with zero attached hydrogens (tertiary/aromatic N) is 1. The predicted octanol–water partition coefficient (Wildman–Crippen LogP) is 2.64. The van der Waals surface area contributed by atoms with Gasteiger partial charge in [0.2, 0.25) is 0 Å². The molecule has 0 aliphatic heterocycles. The van der Waals surface area contributed by atoms with E-state index < -0.39 is 0 Å². The van der Waals surface area contributed by atoms with E-state index in [1.807, 2.05) is 0 Å². The van der Waals surface area contributed by atoms with Gasteiger partial charge in [-0.1, -0.05) is 30.3 Å². The van der Waals surface area contributed by atoms with Crippen molar-refractivity contribution in [2.75, 3.05) is 0 Å². The highest BCUT2D eigenvalue weighted by molar-refractivity contribution is 5.78. The van der Waals surface area contributed by atoms with E-state index in [2.05, 4.69) is 61.4 Å². The van der Waals surface area contributed by atoms with Gasteiger partial charge in [-0.3, -0.25) is 4.99 Å². The first-order chi connectivity index (χ1) is 8.44. The summed E-state index contributed by atoms with van der Waals surface area (Å²) in [5.41, 5.74) is 7.30. The van der Waals surface area contributed by atoms with Crippen LogP contribution in [0.4, 0.5) is 0 Å². The van der Waals surface area contributed by atoms with Crippen molar-refractivity contribution in [2.45, 2.75) is 51.1 Å². The molecule has 1 saturated carbocycles. The summed E-state index contributed by atoms with van der Waals surface area (Å²) in [7, 11) is 0. The van der Waals surface area contributed by atoms with Crippen molar-refractivity contribution in [3.8, 4) is 0 Å². The molecule has 3 heteroatoms. The molecule has 0 spiro atoms. The van der Waals surface area contributed by atoms with Crippen LogP contribution in [0.2, 0.25) is 0 Å². The number of nitrogens with two attached hydrogens (primary N) is 1. The van der Waals surface area contributed by atoms with Crippen LogP contribution in [0, 0.1) is 0 Å². The fraction of sp³-hybridized carbons (Fsp3) is 0.533. The van der Waals surface area contributed by atoms with E-state index in [0.29, 0.717) is 17.9 Å². The third-order valence-electron chi connectivity index (χ3n) is 3.21. The van der Waals surface area contributed by atoms with Crippen LogP contribution in [0.3, 0.4) is 0 Å². The summed E-state index contributed by atoms with van der Waals surface area (Å²) >= 11 is 0. The maximum atomic E-state index is 5.89. The van der Waals surface area contributed by atoms with Gasteiger partial charge in [0.1, 0.15) is 0 Å². The summed E-state index contributed by atoms with van der Waals surface area (Å²) in [6, 6.07) is 11.0. The van der Waals surface area contributed by atoms with Crippen molar-refractivity contribution in [3.05, 3.63) is 35.9 Å². The lowest BCUT2D eigenvalue weighted by molar-refractivity contribution is 0.351. The molecule has 0 heterocycles. The summed E-state index contributed by atoms with van der Waals surface area (Å²) in [6.07, 6.45) is 2.22. The average molecular weight is 245 g/mol. The molecular formula is C15H23N3. The van der Waals surface area contributed by atoms with Crippen LogP contribution in [0.25, 0.3) is 0 Å². The maximum Gasteiger partial charge on any atom is 0.189 e. The highest BCUT2D eigenvalue weighted by Crippen LogP contribution is 2.38. The third-order valence-corrected chi connectivity index (χ3v) is 3.21. The molecule has 1 fully saturated rings. The zero-order valence-electron chi connectivity index (χ0n) is 11.5. The van der Waals surface area contributed by atoms with Gasteiger partial charge < -0.3 is 11.1 Å². The van der Waals surface area contributed by atoms with Crippen molar-refractivity contribution in [3.63, 3.8) is 0 Å². The van der Waals surface area contributed by atoms with E-state index in [0.717, 1.165) is 12.8 Å². The first-order valence-corrected chi connectivity index (χ1v) is 6.60. The molecule has 1 aromatic rings. The van der Waals surface area contributed by atoms with Gasteiger partial charge in [0.25, 0.3) is 0 Å². The van der Waals surface area contributed by atoms with Gasteiger partial charge in [0.05, 0.1) is 6.04 Å². The van der Waals surface area contributed by atoms with Crippen molar-refractivity contribution < 1.29 is 0 Å². The molecule has 1 aromatic carbocycles. The number of hydrogen-bond acceptors (Lipinski definition) is 1. The Kier molecular flexibility index (Phi) is 3.60. The van der Waals surface area contributed by atoms with Gasteiger partial charge in [0.15, 0.2) is 5.96 Å². The van der Waals surface area contributed by atoms with Gasteiger partial charge in [-0.15, -0.1) is 0 Å². The van der Waals surface area contributed by atoms with Gasteiger partial charge in [0, 0.05) is 5.54 Å². The normalized spacial score (nSPS) is 24.5. The van der Waals surface area contributed by atoms with Gasteiger partial charge in [-0.05, 0) is 45.1 Å². The van der Waals surface area contributed by atoms with Crippen molar-refractivity contribution in [1.29, 1.82) is 0 Å². The molecule has 0 atom stereocenters. The molecule has 98 valence electrons. The number of benzene rings is 1. The molecule has 18 heavy (non-hydrogen) atoms. The molecule has 0 bridgehead atoms. The Morgan fingerprint density at radius 1 is 1.22 bits per heavy atom. The van der Waals surface area contributed by atoms with E-state index >= 15 is 0 Å². The van der Waals surface area contributed by atoms with E-state index in [1.165, 1.54) is 5.56 Å². The van der Waals surface area contributed by atoms with Crippen LogP contribution in [-0.4, -0.2) is 17.5 Å². The second-order valence-corrected chi connectivity index (χ2v) is 6.12. The van der Waals surface area contributed by atoms with Gasteiger partial charge in [-0.25, -0.2) is 0 Å². The Morgan fingerprint density at radius 3 is 2.39 bits per heavy atom. The average Bonchev–Trinajstić information content (AvgIpc) is 2.21. The molecule has 0 saturated heterocycles. The molecule has 3 nitrogen and oxygen atoms in total. The fourth-order valence-corrected chi connectivity index (χ4v) is 2.30. The maximum absolute atomic E-state index is 5.89.